The van der Waals surface area contributed by atoms with Crippen LogP contribution in [0.5, 0.6) is 0 Å². The van der Waals surface area contributed by atoms with Gasteiger partial charge < -0.3 is 10.8 Å². The molecule has 90 valence electrons. The number of anilines is 1. The van der Waals surface area contributed by atoms with Crippen molar-refractivity contribution in [3.63, 3.8) is 0 Å². The fourth-order valence-corrected chi connectivity index (χ4v) is 3.75. The van der Waals surface area contributed by atoms with Gasteiger partial charge in [0.2, 0.25) is 5.13 Å². The number of nitrogens with zero attached hydrogens (tertiary/aromatic N) is 2. The molecular formula is C10H17N3OS2. The van der Waals surface area contributed by atoms with Crippen molar-refractivity contribution in [1.82, 2.24) is 10.2 Å². The monoisotopic (exact) mass is 259 g/mol. The highest BCUT2D eigenvalue weighted by Gasteiger charge is 2.19. The molecule has 1 aliphatic rings. The Morgan fingerprint density at radius 1 is 1.44 bits per heavy atom. The molecule has 0 amide bonds. The maximum atomic E-state index is 9.88. The molecule has 2 rings (SSSR count). The second kappa shape index (κ2) is 5.84. The number of rotatable bonds is 5. The van der Waals surface area contributed by atoms with E-state index in [1.807, 2.05) is 0 Å². The number of hydrogen-bond acceptors (Lipinski definition) is 6. The van der Waals surface area contributed by atoms with Crippen LogP contribution in [0.3, 0.4) is 0 Å². The summed E-state index contributed by atoms with van der Waals surface area (Å²) in [4.78, 5) is 0. The smallest absolute Gasteiger partial charge is 0.203 e. The van der Waals surface area contributed by atoms with Gasteiger partial charge in [0.15, 0.2) is 4.34 Å². The van der Waals surface area contributed by atoms with Crippen molar-refractivity contribution in [3.05, 3.63) is 0 Å². The lowest BCUT2D eigenvalue weighted by Gasteiger charge is -2.13. The van der Waals surface area contributed by atoms with Crippen LogP contribution < -0.4 is 5.73 Å². The molecule has 1 aliphatic carbocycles. The summed E-state index contributed by atoms with van der Waals surface area (Å²) in [5.74, 6) is 1.43. The lowest BCUT2D eigenvalue weighted by atomic mass is 10.0. The maximum Gasteiger partial charge on any atom is 0.203 e. The van der Waals surface area contributed by atoms with Crippen molar-refractivity contribution < 1.29 is 5.11 Å². The molecule has 6 heteroatoms. The Morgan fingerprint density at radius 2 is 2.19 bits per heavy atom. The SMILES string of the molecule is Nc1nnc(SCC(O)CC2CCCC2)s1. The third-order valence-electron chi connectivity index (χ3n) is 2.90. The first-order valence-corrected chi connectivity index (χ1v) is 7.44. The topological polar surface area (TPSA) is 72.0 Å². The van der Waals surface area contributed by atoms with E-state index < -0.39 is 0 Å². The van der Waals surface area contributed by atoms with Crippen molar-refractivity contribution in [2.24, 2.45) is 5.92 Å². The Bertz CT molecular complexity index is 326. The van der Waals surface area contributed by atoms with E-state index in [-0.39, 0.29) is 6.10 Å². The minimum atomic E-state index is -0.224. The Hall–Kier alpha value is -0.330. The summed E-state index contributed by atoms with van der Waals surface area (Å²) in [6.07, 6.45) is 5.94. The fraction of sp³-hybridized carbons (Fsp3) is 0.800. The summed E-state index contributed by atoms with van der Waals surface area (Å²) in [6, 6.07) is 0. The molecule has 1 fully saturated rings. The van der Waals surface area contributed by atoms with Crippen LogP contribution in [0.25, 0.3) is 0 Å². The number of hydrogen-bond donors (Lipinski definition) is 2. The van der Waals surface area contributed by atoms with E-state index in [0.29, 0.717) is 10.9 Å². The highest BCUT2D eigenvalue weighted by molar-refractivity contribution is 8.01. The minimum Gasteiger partial charge on any atom is -0.392 e. The van der Waals surface area contributed by atoms with Crippen LogP contribution in [0.15, 0.2) is 4.34 Å². The Labute approximate surface area is 104 Å². The zero-order chi connectivity index (χ0) is 11.4. The molecule has 0 spiro atoms. The average Bonchev–Trinajstić information content (AvgIpc) is 2.87. The van der Waals surface area contributed by atoms with Gasteiger partial charge in [-0.1, -0.05) is 48.8 Å². The van der Waals surface area contributed by atoms with Crippen LogP contribution in [0.2, 0.25) is 0 Å². The standard InChI is InChI=1S/C10H17N3OS2/c11-9-12-13-10(16-9)15-6-8(14)5-7-3-1-2-4-7/h7-8,14H,1-6H2,(H2,11,12). The van der Waals surface area contributed by atoms with E-state index >= 15 is 0 Å². The first-order chi connectivity index (χ1) is 7.74. The van der Waals surface area contributed by atoms with E-state index in [1.54, 1.807) is 11.8 Å². The van der Waals surface area contributed by atoms with Crippen LogP contribution in [0.4, 0.5) is 5.13 Å². The first kappa shape index (κ1) is 12.1. The Balaban J connectivity index is 1.68. The summed E-state index contributed by atoms with van der Waals surface area (Å²) >= 11 is 2.93. The van der Waals surface area contributed by atoms with E-state index in [1.165, 1.54) is 37.0 Å². The Morgan fingerprint density at radius 3 is 2.81 bits per heavy atom. The molecule has 1 atom stereocenters. The van der Waals surface area contributed by atoms with Crippen LogP contribution >= 0.6 is 23.1 Å². The number of nitrogens with two attached hydrogens (primary N) is 1. The third kappa shape index (κ3) is 3.61. The van der Waals surface area contributed by atoms with Gasteiger partial charge in [0, 0.05) is 5.75 Å². The molecule has 4 nitrogen and oxygen atoms in total. The molecule has 0 aliphatic heterocycles. The van der Waals surface area contributed by atoms with Crippen LogP contribution in [0.1, 0.15) is 32.1 Å². The van der Waals surface area contributed by atoms with Gasteiger partial charge in [-0.05, 0) is 12.3 Å². The van der Waals surface area contributed by atoms with Gasteiger partial charge in [-0.2, -0.15) is 0 Å². The van der Waals surface area contributed by atoms with Gasteiger partial charge in [-0.3, -0.25) is 0 Å². The summed E-state index contributed by atoms with van der Waals surface area (Å²) in [6.45, 7) is 0. The molecule has 1 saturated carbocycles. The fourth-order valence-electron chi connectivity index (χ4n) is 2.15. The van der Waals surface area contributed by atoms with Gasteiger partial charge >= 0.3 is 0 Å². The Kier molecular flexibility index (Phi) is 4.43. The molecule has 0 radical (unpaired) electrons. The third-order valence-corrected chi connectivity index (χ3v) is 4.93. The van der Waals surface area contributed by atoms with Crippen molar-refractivity contribution in [3.8, 4) is 0 Å². The molecule has 3 N–H and O–H groups in total. The van der Waals surface area contributed by atoms with E-state index in [4.69, 9.17) is 5.73 Å². The molecule has 0 bridgehead atoms. The van der Waals surface area contributed by atoms with Gasteiger partial charge in [-0.15, -0.1) is 10.2 Å². The highest BCUT2D eigenvalue weighted by Crippen LogP contribution is 2.30. The number of aliphatic hydroxyl groups excluding tert-OH is 1. The average molecular weight is 259 g/mol. The maximum absolute atomic E-state index is 9.88. The van der Waals surface area contributed by atoms with Crippen molar-refractivity contribution in [2.75, 3.05) is 11.5 Å². The number of aliphatic hydroxyl groups is 1. The molecule has 0 aromatic carbocycles. The summed E-state index contributed by atoms with van der Waals surface area (Å²) in [5, 5.41) is 18.0. The first-order valence-electron chi connectivity index (χ1n) is 5.64. The van der Waals surface area contributed by atoms with E-state index in [0.717, 1.165) is 16.7 Å². The van der Waals surface area contributed by atoms with Crippen LogP contribution in [0, 0.1) is 5.92 Å². The normalized spacial score (nSPS) is 19.1. The zero-order valence-corrected chi connectivity index (χ0v) is 10.8. The predicted molar refractivity (Wildman–Crippen MR) is 67.6 cm³/mol. The molecule has 1 aromatic heterocycles. The van der Waals surface area contributed by atoms with Gasteiger partial charge in [0.25, 0.3) is 0 Å². The lowest BCUT2D eigenvalue weighted by Crippen LogP contribution is -2.14. The molecular weight excluding hydrogens is 242 g/mol. The predicted octanol–water partition coefficient (Wildman–Crippen LogP) is 2.15. The van der Waals surface area contributed by atoms with Crippen LogP contribution in [-0.4, -0.2) is 27.2 Å². The van der Waals surface area contributed by atoms with E-state index in [2.05, 4.69) is 10.2 Å². The van der Waals surface area contributed by atoms with Gasteiger partial charge in [-0.25, -0.2) is 0 Å². The highest BCUT2D eigenvalue weighted by atomic mass is 32.2. The van der Waals surface area contributed by atoms with Gasteiger partial charge in [0.05, 0.1) is 6.10 Å². The molecule has 1 unspecified atom stereocenters. The van der Waals surface area contributed by atoms with E-state index in [9.17, 15) is 5.11 Å². The lowest BCUT2D eigenvalue weighted by molar-refractivity contribution is 0.166. The quantitative estimate of drug-likeness (QED) is 0.793. The molecule has 1 heterocycles. The number of thioether (sulfide) groups is 1. The second-order valence-corrected chi connectivity index (χ2v) is 6.53. The van der Waals surface area contributed by atoms with Crippen molar-refractivity contribution in [2.45, 2.75) is 42.5 Å². The number of aromatic nitrogens is 2. The molecule has 16 heavy (non-hydrogen) atoms. The molecule has 1 aromatic rings. The summed E-state index contributed by atoms with van der Waals surface area (Å²) < 4.78 is 0.850. The largest absolute Gasteiger partial charge is 0.392 e. The second-order valence-electron chi connectivity index (χ2n) is 4.26. The van der Waals surface area contributed by atoms with Crippen molar-refractivity contribution in [1.29, 1.82) is 0 Å². The minimum absolute atomic E-state index is 0.224. The number of nitrogen functional groups attached to an aromatic ring is 1. The van der Waals surface area contributed by atoms with Crippen LogP contribution in [-0.2, 0) is 0 Å². The van der Waals surface area contributed by atoms with Gasteiger partial charge in [0.1, 0.15) is 0 Å². The summed E-state index contributed by atoms with van der Waals surface area (Å²) in [5.41, 5.74) is 5.49. The zero-order valence-electron chi connectivity index (χ0n) is 9.13. The van der Waals surface area contributed by atoms with Crippen molar-refractivity contribution >= 4 is 28.2 Å². The molecule has 0 saturated heterocycles. The summed E-state index contributed by atoms with van der Waals surface area (Å²) in [7, 11) is 0.